The van der Waals surface area contributed by atoms with Gasteiger partial charge in [-0.05, 0) is 22.9 Å². The van der Waals surface area contributed by atoms with Crippen molar-refractivity contribution in [1.29, 1.82) is 0 Å². The Balaban J connectivity index is 2.57. The van der Waals surface area contributed by atoms with Crippen molar-refractivity contribution in [2.45, 2.75) is 6.54 Å². The predicted molar refractivity (Wildman–Crippen MR) is 61.6 cm³/mol. The highest BCUT2D eigenvalue weighted by Crippen LogP contribution is 2.29. The maximum Gasteiger partial charge on any atom is 0.138 e. The van der Waals surface area contributed by atoms with Crippen LogP contribution in [0.4, 0.5) is 0 Å². The Morgan fingerprint density at radius 1 is 1.07 bits per heavy atom. The van der Waals surface area contributed by atoms with E-state index in [1.54, 1.807) is 6.26 Å². The van der Waals surface area contributed by atoms with Gasteiger partial charge >= 0.3 is 0 Å². The first-order chi connectivity index (χ1) is 7.40. The summed E-state index contributed by atoms with van der Waals surface area (Å²) in [5.41, 5.74) is 7.68. The molecule has 15 heavy (non-hydrogen) atoms. The molecule has 2 nitrogen and oxygen atoms in total. The van der Waals surface area contributed by atoms with E-state index in [1.165, 1.54) is 10.8 Å². The highest BCUT2D eigenvalue weighted by atomic mass is 16.3. The lowest BCUT2D eigenvalue weighted by molar-refractivity contribution is 0.611. The average molecular weight is 197 g/mol. The molecule has 0 aliphatic heterocycles. The summed E-state index contributed by atoms with van der Waals surface area (Å²) >= 11 is 0. The largest absolute Gasteiger partial charge is 0.464 e. The van der Waals surface area contributed by atoms with E-state index in [1.807, 2.05) is 18.2 Å². The van der Waals surface area contributed by atoms with Gasteiger partial charge in [0.15, 0.2) is 0 Å². The second-order valence-electron chi connectivity index (χ2n) is 3.62. The minimum Gasteiger partial charge on any atom is -0.464 e. The maximum atomic E-state index is 5.71. The molecular formula is C13H11NO. The lowest BCUT2D eigenvalue weighted by Crippen LogP contribution is -1.96. The van der Waals surface area contributed by atoms with Crippen molar-refractivity contribution in [1.82, 2.24) is 0 Å². The third-order valence-corrected chi connectivity index (χ3v) is 2.76. The monoisotopic (exact) mass is 197 g/mol. The molecule has 74 valence electrons. The number of fused-ring (bicyclic) bond motifs is 3. The molecule has 3 aromatic rings. The summed E-state index contributed by atoms with van der Waals surface area (Å²) in [5, 5.41) is 3.58. The molecular weight excluding hydrogens is 186 g/mol. The molecule has 1 aromatic heterocycles. The summed E-state index contributed by atoms with van der Waals surface area (Å²) in [6, 6.07) is 12.4. The highest BCUT2D eigenvalue weighted by molar-refractivity contribution is 6.07. The zero-order chi connectivity index (χ0) is 10.3. The molecule has 0 spiro atoms. The molecule has 0 aliphatic carbocycles. The molecule has 2 N–H and O–H groups in total. The minimum absolute atomic E-state index is 0.509. The molecule has 0 saturated carbocycles. The van der Waals surface area contributed by atoms with Gasteiger partial charge in [-0.1, -0.05) is 24.3 Å². The van der Waals surface area contributed by atoms with E-state index < -0.39 is 0 Å². The van der Waals surface area contributed by atoms with Crippen LogP contribution in [0.25, 0.3) is 21.7 Å². The number of furan rings is 1. The molecule has 0 bridgehead atoms. The SMILES string of the molecule is NCc1cc2ccccc2c2ccoc12. The Kier molecular flexibility index (Phi) is 1.76. The van der Waals surface area contributed by atoms with Crippen LogP contribution in [-0.4, -0.2) is 0 Å². The summed E-state index contributed by atoms with van der Waals surface area (Å²) < 4.78 is 5.47. The molecule has 2 aromatic carbocycles. The van der Waals surface area contributed by atoms with E-state index in [0.29, 0.717) is 6.54 Å². The number of nitrogens with two attached hydrogens (primary N) is 1. The summed E-state index contributed by atoms with van der Waals surface area (Å²) in [5.74, 6) is 0. The molecule has 0 radical (unpaired) electrons. The van der Waals surface area contributed by atoms with Crippen LogP contribution in [0.15, 0.2) is 47.1 Å². The van der Waals surface area contributed by atoms with Crippen molar-refractivity contribution in [3.63, 3.8) is 0 Å². The van der Waals surface area contributed by atoms with Crippen LogP contribution >= 0.6 is 0 Å². The molecule has 0 saturated heterocycles. The Labute approximate surface area is 87.3 Å². The van der Waals surface area contributed by atoms with Gasteiger partial charge in [0.2, 0.25) is 0 Å². The zero-order valence-corrected chi connectivity index (χ0v) is 8.23. The molecule has 0 atom stereocenters. The minimum atomic E-state index is 0.509. The van der Waals surface area contributed by atoms with Gasteiger partial charge in [0, 0.05) is 17.5 Å². The summed E-state index contributed by atoms with van der Waals surface area (Å²) in [6.45, 7) is 0.509. The number of hydrogen-bond donors (Lipinski definition) is 1. The van der Waals surface area contributed by atoms with Gasteiger partial charge < -0.3 is 10.2 Å². The Morgan fingerprint density at radius 3 is 2.80 bits per heavy atom. The average Bonchev–Trinajstić information content (AvgIpc) is 2.77. The van der Waals surface area contributed by atoms with Crippen LogP contribution in [-0.2, 0) is 6.54 Å². The number of hydrogen-bond acceptors (Lipinski definition) is 2. The van der Waals surface area contributed by atoms with Crippen molar-refractivity contribution >= 4 is 21.7 Å². The van der Waals surface area contributed by atoms with Crippen LogP contribution in [0.2, 0.25) is 0 Å². The van der Waals surface area contributed by atoms with Crippen LogP contribution in [0.3, 0.4) is 0 Å². The molecule has 0 unspecified atom stereocenters. The van der Waals surface area contributed by atoms with E-state index in [4.69, 9.17) is 10.2 Å². The lowest BCUT2D eigenvalue weighted by Gasteiger charge is -2.03. The van der Waals surface area contributed by atoms with Crippen molar-refractivity contribution in [2.24, 2.45) is 5.73 Å². The van der Waals surface area contributed by atoms with E-state index >= 15 is 0 Å². The zero-order valence-electron chi connectivity index (χ0n) is 8.23. The topological polar surface area (TPSA) is 39.2 Å². The summed E-state index contributed by atoms with van der Waals surface area (Å²) in [6.07, 6.45) is 1.72. The van der Waals surface area contributed by atoms with E-state index in [2.05, 4.69) is 18.2 Å². The first kappa shape index (κ1) is 8.50. The van der Waals surface area contributed by atoms with Crippen molar-refractivity contribution in [3.05, 3.63) is 48.2 Å². The second kappa shape index (κ2) is 3.11. The fourth-order valence-electron chi connectivity index (χ4n) is 2.04. The first-order valence-corrected chi connectivity index (χ1v) is 4.98. The third kappa shape index (κ3) is 1.15. The van der Waals surface area contributed by atoms with Crippen LogP contribution in [0, 0.1) is 0 Å². The van der Waals surface area contributed by atoms with Crippen molar-refractivity contribution in [3.8, 4) is 0 Å². The number of benzene rings is 2. The Hall–Kier alpha value is -1.80. The molecule has 3 rings (SSSR count). The predicted octanol–water partition coefficient (Wildman–Crippen LogP) is 3.04. The Bertz CT molecular complexity index is 625. The van der Waals surface area contributed by atoms with E-state index in [9.17, 15) is 0 Å². The van der Waals surface area contributed by atoms with Crippen LogP contribution in [0.1, 0.15) is 5.56 Å². The summed E-state index contributed by atoms with van der Waals surface area (Å²) in [7, 11) is 0. The number of rotatable bonds is 1. The van der Waals surface area contributed by atoms with Crippen LogP contribution in [0.5, 0.6) is 0 Å². The Morgan fingerprint density at radius 2 is 1.93 bits per heavy atom. The molecule has 0 fully saturated rings. The normalized spacial score (nSPS) is 11.3. The van der Waals surface area contributed by atoms with Gasteiger partial charge in [0.25, 0.3) is 0 Å². The van der Waals surface area contributed by atoms with Gasteiger partial charge in [0.05, 0.1) is 6.26 Å². The van der Waals surface area contributed by atoms with Gasteiger partial charge in [-0.3, -0.25) is 0 Å². The quantitative estimate of drug-likeness (QED) is 0.651. The maximum absolute atomic E-state index is 5.71. The van der Waals surface area contributed by atoms with E-state index in [0.717, 1.165) is 16.5 Å². The smallest absolute Gasteiger partial charge is 0.138 e. The van der Waals surface area contributed by atoms with Crippen molar-refractivity contribution in [2.75, 3.05) is 0 Å². The van der Waals surface area contributed by atoms with E-state index in [-0.39, 0.29) is 0 Å². The third-order valence-electron chi connectivity index (χ3n) is 2.76. The standard InChI is InChI=1S/C13H11NO/c14-8-10-7-9-3-1-2-4-11(9)12-5-6-15-13(10)12/h1-7H,8,14H2. The van der Waals surface area contributed by atoms with Gasteiger partial charge in [0.1, 0.15) is 5.58 Å². The van der Waals surface area contributed by atoms with Gasteiger partial charge in [-0.25, -0.2) is 0 Å². The first-order valence-electron chi connectivity index (χ1n) is 4.98. The molecule has 2 heteroatoms. The molecule has 0 amide bonds. The van der Waals surface area contributed by atoms with Crippen LogP contribution < -0.4 is 5.73 Å². The second-order valence-corrected chi connectivity index (χ2v) is 3.62. The fraction of sp³-hybridized carbons (Fsp3) is 0.0769. The summed E-state index contributed by atoms with van der Waals surface area (Å²) in [4.78, 5) is 0. The van der Waals surface area contributed by atoms with Gasteiger partial charge in [-0.2, -0.15) is 0 Å². The van der Waals surface area contributed by atoms with Crippen molar-refractivity contribution < 1.29 is 4.42 Å². The highest BCUT2D eigenvalue weighted by Gasteiger charge is 2.07. The van der Waals surface area contributed by atoms with Gasteiger partial charge in [-0.15, -0.1) is 0 Å². The molecule has 1 heterocycles. The molecule has 0 aliphatic rings. The lowest BCUT2D eigenvalue weighted by atomic mass is 10.0. The fourth-order valence-corrected chi connectivity index (χ4v) is 2.04.